The van der Waals surface area contributed by atoms with Crippen molar-refractivity contribution in [3.8, 4) is 11.3 Å². The molecule has 1 saturated heterocycles. The summed E-state index contributed by atoms with van der Waals surface area (Å²) >= 11 is 0. The van der Waals surface area contributed by atoms with E-state index in [1.54, 1.807) is 24.3 Å². The van der Waals surface area contributed by atoms with E-state index >= 15 is 0 Å². The Kier molecular flexibility index (Phi) is 5.46. The molecule has 29 heavy (non-hydrogen) atoms. The van der Waals surface area contributed by atoms with E-state index in [1.165, 1.54) is 19.3 Å². The smallest absolute Gasteiger partial charge is 0.258 e. The molecule has 148 valence electrons. The number of anilines is 2. The van der Waals surface area contributed by atoms with Crippen LogP contribution >= 0.6 is 0 Å². The number of halogens is 2. The molecule has 0 atom stereocenters. The van der Waals surface area contributed by atoms with Gasteiger partial charge in [-0.25, -0.2) is 8.78 Å². The van der Waals surface area contributed by atoms with Crippen LogP contribution in [0.5, 0.6) is 0 Å². The summed E-state index contributed by atoms with van der Waals surface area (Å²) < 4.78 is 26.7. The van der Waals surface area contributed by atoms with E-state index in [4.69, 9.17) is 0 Å². The van der Waals surface area contributed by atoms with Crippen molar-refractivity contribution in [1.29, 1.82) is 0 Å². The van der Waals surface area contributed by atoms with Crippen molar-refractivity contribution in [3.05, 3.63) is 71.8 Å². The third-order valence-corrected chi connectivity index (χ3v) is 4.94. The van der Waals surface area contributed by atoms with Crippen LogP contribution in [0, 0.1) is 11.6 Å². The van der Waals surface area contributed by atoms with Gasteiger partial charge in [-0.3, -0.25) is 4.79 Å². The lowest BCUT2D eigenvalue weighted by molar-refractivity contribution is 0.102. The van der Waals surface area contributed by atoms with Crippen molar-refractivity contribution in [2.45, 2.75) is 19.3 Å². The molecule has 0 saturated carbocycles. The maximum absolute atomic E-state index is 13.7. The summed E-state index contributed by atoms with van der Waals surface area (Å²) in [6.45, 7) is 2.02. The average Bonchev–Trinajstić information content (AvgIpc) is 2.75. The van der Waals surface area contributed by atoms with E-state index in [-0.39, 0.29) is 5.56 Å². The standard InChI is InChI=1S/C22H20F2N4O/c23-16-6-9-18(19(24)14-16)22(29)25-17-7-4-15(5-8-17)20-10-11-21(27-26-20)28-12-2-1-3-13-28/h4-11,14H,1-3,12-13H2,(H,25,29). The van der Waals surface area contributed by atoms with Gasteiger partial charge in [0.15, 0.2) is 5.82 Å². The SMILES string of the molecule is O=C(Nc1ccc(-c2ccc(N3CCCCC3)nn2)cc1)c1ccc(F)cc1F. The molecule has 0 spiro atoms. The second-order valence-corrected chi connectivity index (χ2v) is 6.98. The second kappa shape index (κ2) is 8.34. The fraction of sp³-hybridized carbons (Fsp3) is 0.227. The van der Waals surface area contributed by atoms with E-state index < -0.39 is 17.5 Å². The number of piperidine rings is 1. The maximum atomic E-state index is 13.7. The van der Waals surface area contributed by atoms with Gasteiger partial charge >= 0.3 is 0 Å². The highest BCUT2D eigenvalue weighted by molar-refractivity contribution is 6.04. The van der Waals surface area contributed by atoms with E-state index in [2.05, 4.69) is 20.4 Å². The Morgan fingerprint density at radius 2 is 1.66 bits per heavy atom. The van der Waals surface area contributed by atoms with Crippen LogP contribution in [0.15, 0.2) is 54.6 Å². The van der Waals surface area contributed by atoms with Gasteiger partial charge in [0.1, 0.15) is 11.6 Å². The normalized spacial score (nSPS) is 13.9. The molecule has 2 heterocycles. The third kappa shape index (κ3) is 4.39. The van der Waals surface area contributed by atoms with Crippen molar-refractivity contribution < 1.29 is 13.6 Å². The quantitative estimate of drug-likeness (QED) is 0.699. The summed E-state index contributed by atoms with van der Waals surface area (Å²) in [6.07, 6.45) is 3.62. The van der Waals surface area contributed by atoms with Gasteiger partial charge in [-0.2, -0.15) is 0 Å². The molecule has 1 aromatic heterocycles. The molecule has 0 bridgehead atoms. The van der Waals surface area contributed by atoms with Crippen LogP contribution in [0.3, 0.4) is 0 Å². The Hall–Kier alpha value is -3.35. The van der Waals surface area contributed by atoms with E-state index in [0.29, 0.717) is 11.8 Å². The Morgan fingerprint density at radius 1 is 0.897 bits per heavy atom. The summed E-state index contributed by atoms with van der Waals surface area (Å²) in [7, 11) is 0. The molecule has 0 radical (unpaired) electrons. The van der Waals surface area contributed by atoms with E-state index in [1.807, 2.05) is 12.1 Å². The number of amides is 1. The van der Waals surface area contributed by atoms with Gasteiger partial charge in [0.2, 0.25) is 0 Å². The lowest BCUT2D eigenvalue weighted by atomic mass is 10.1. The lowest BCUT2D eigenvalue weighted by Gasteiger charge is -2.27. The van der Waals surface area contributed by atoms with E-state index in [9.17, 15) is 13.6 Å². The average molecular weight is 394 g/mol. The molecule has 5 nitrogen and oxygen atoms in total. The maximum Gasteiger partial charge on any atom is 0.258 e. The first-order chi connectivity index (χ1) is 14.1. The van der Waals surface area contributed by atoms with Crippen LogP contribution in [-0.2, 0) is 0 Å². The zero-order valence-electron chi connectivity index (χ0n) is 15.7. The summed E-state index contributed by atoms with van der Waals surface area (Å²) in [5.74, 6) is -1.38. The molecule has 0 aliphatic carbocycles. The fourth-order valence-corrected chi connectivity index (χ4v) is 3.37. The van der Waals surface area contributed by atoms with Gasteiger partial charge in [0.05, 0.1) is 11.3 Å². The van der Waals surface area contributed by atoms with Gasteiger partial charge < -0.3 is 10.2 Å². The highest BCUT2D eigenvalue weighted by Gasteiger charge is 2.14. The molecule has 4 rings (SSSR count). The van der Waals surface area contributed by atoms with E-state index in [0.717, 1.165) is 42.3 Å². The molecular weight excluding hydrogens is 374 g/mol. The molecule has 2 aromatic carbocycles. The topological polar surface area (TPSA) is 58.1 Å². The van der Waals surface area contributed by atoms with Gasteiger partial charge in [0, 0.05) is 30.4 Å². The van der Waals surface area contributed by atoms with Crippen molar-refractivity contribution in [3.63, 3.8) is 0 Å². The monoisotopic (exact) mass is 394 g/mol. The summed E-state index contributed by atoms with van der Waals surface area (Å²) in [5.41, 5.74) is 1.87. The minimum absolute atomic E-state index is 0.213. The summed E-state index contributed by atoms with van der Waals surface area (Å²) in [4.78, 5) is 14.4. The van der Waals surface area contributed by atoms with Crippen molar-refractivity contribution >= 4 is 17.4 Å². The largest absolute Gasteiger partial charge is 0.355 e. The molecular formula is C22H20F2N4O. The predicted octanol–water partition coefficient (Wildman–Crippen LogP) is 4.66. The number of nitrogens with one attached hydrogen (secondary N) is 1. The van der Waals surface area contributed by atoms with Crippen LogP contribution in [0.2, 0.25) is 0 Å². The molecule has 0 unspecified atom stereocenters. The molecule has 1 N–H and O–H groups in total. The van der Waals surface area contributed by atoms with Gasteiger partial charge in [-0.15, -0.1) is 10.2 Å². The molecule has 1 fully saturated rings. The Balaban J connectivity index is 1.44. The van der Waals surface area contributed by atoms with Crippen molar-refractivity contribution in [2.75, 3.05) is 23.3 Å². The second-order valence-electron chi connectivity index (χ2n) is 6.98. The molecule has 1 aliphatic rings. The molecule has 1 amide bonds. The van der Waals surface area contributed by atoms with Crippen LogP contribution in [-0.4, -0.2) is 29.2 Å². The van der Waals surface area contributed by atoms with Gasteiger partial charge in [0.25, 0.3) is 5.91 Å². The minimum atomic E-state index is -0.900. The first-order valence-corrected chi connectivity index (χ1v) is 9.56. The first kappa shape index (κ1) is 19.0. The Labute approximate surface area is 167 Å². The highest BCUT2D eigenvalue weighted by Crippen LogP contribution is 2.23. The minimum Gasteiger partial charge on any atom is -0.355 e. The number of nitrogens with zero attached hydrogens (tertiary/aromatic N) is 3. The third-order valence-electron chi connectivity index (χ3n) is 4.94. The van der Waals surface area contributed by atoms with Crippen LogP contribution in [0.25, 0.3) is 11.3 Å². The zero-order valence-corrected chi connectivity index (χ0v) is 15.7. The zero-order chi connectivity index (χ0) is 20.2. The summed E-state index contributed by atoms with van der Waals surface area (Å²) in [5, 5.41) is 11.3. The Morgan fingerprint density at radius 3 is 2.31 bits per heavy atom. The number of aromatic nitrogens is 2. The number of carbonyl (C=O) groups excluding carboxylic acids is 1. The molecule has 3 aromatic rings. The van der Waals surface area contributed by atoms with Crippen LogP contribution in [0.1, 0.15) is 29.6 Å². The van der Waals surface area contributed by atoms with Gasteiger partial charge in [-0.05, 0) is 55.7 Å². The fourth-order valence-electron chi connectivity index (χ4n) is 3.37. The van der Waals surface area contributed by atoms with Crippen LogP contribution in [0.4, 0.5) is 20.3 Å². The first-order valence-electron chi connectivity index (χ1n) is 9.56. The van der Waals surface area contributed by atoms with Crippen molar-refractivity contribution in [1.82, 2.24) is 10.2 Å². The molecule has 7 heteroatoms. The molecule has 1 aliphatic heterocycles. The summed E-state index contributed by atoms with van der Waals surface area (Å²) in [6, 6.07) is 13.8. The number of hydrogen-bond donors (Lipinski definition) is 1. The number of benzene rings is 2. The highest BCUT2D eigenvalue weighted by atomic mass is 19.1. The van der Waals surface area contributed by atoms with Crippen LogP contribution < -0.4 is 10.2 Å². The number of hydrogen-bond acceptors (Lipinski definition) is 4. The van der Waals surface area contributed by atoms with Crippen molar-refractivity contribution in [2.24, 2.45) is 0 Å². The lowest BCUT2D eigenvalue weighted by Crippen LogP contribution is -2.30. The Bertz CT molecular complexity index is 1000. The van der Waals surface area contributed by atoms with Gasteiger partial charge in [-0.1, -0.05) is 12.1 Å². The number of carbonyl (C=O) groups is 1. The predicted molar refractivity (Wildman–Crippen MR) is 108 cm³/mol. The number of rotatable bonds is 4.